The Bertz CT molecular complexity index is 1300. The fourth-order valence-electron chi connectivity index (χ4n) is 7.02. The summed E-state index contributed by atoms with van der Waals surface area (Å²) in [6.07, 6.45) is -0.105. The molecule has 0 radical (unpaired) electrons. The van der Waals surface area contributed by atoms with Crippen LogP contribution in [-0.4, -0.2) is 81.7 Å². The average Bonchev–Trinajstić information content (AvgIpc) is 3.14. The molecule has 0 bridgehead atoms. The Morgan fingerprint density at radius 3 is 2.41 bits per heavy atom. The molecule has 4 unspecified atom stereocenters. The number of benzene rings is 1. The number of nitrogens with zero attached hydrogens (tertiary/aromatic N) is 2. The summed E-state index contributed by atoms with van der Waals surface area (Å²) in [6, 6.07) is 1.96. The number of nitrogens with two attached hydrogens (primary N) is 1. The van der Waals surface area contributed by atoms with Crippen molar-refractivity contribution in [1.82, 2.24) is 4.90 Å². The van der Waals surface area contributed by atoms with Gasteiger partial charge in [-0.15, -0.1) is 0 Å². The summed E-state index contributed by atoms with van der Waals surface area (Å²) in [7, 11) is 3.10. The minimum Gasteiger partial charge on any atom is -0.507 e. The molecule has 37 heavy (non-hydrogen) atoms. The first-order valence-corrected chi connectivity index (χ1v) is 12.2. The van der Waals surface area contributed by atoms with Gasteiger partial charge in [-0.05, 0) is 63.9 Å². The molecule has 11 nitrogen and oxygen atoms in total. The highest BCUT2D eigenvalue weighted by Crippen LogP contribution is 2.51. The Balaban J connectivity index is 1.65. The van der Waals surface area contributed by atoms with Crippen LogP contribution in [0.15, 0.2) is 17.3 Å². The molecule has 1 aliphatic heterocycles. The number of rotatable bonds is 3. The second-order valence-electron chi connectivity index (χ2n) is 10.8. The predicted molar refractivity (Wildman–Crippen MR) is 128 cm³/mol. The van der Waals surface area contributed by atoms with E-state index in [0.29, 0.717) is 11.3 Å². The fourth-order valence-corrected chi connectivity index (χ4v) is 7.02. The smallest absolute Gasteiger partial charge is 0.235 e. The molecule has 0 saturated heterocycles. The van der Waals surface area contributed by atoms with Gasteiger partial charge in [0, 0.05) is 5.92 Å². The molecule has 8 atom stereocenters. The van der Waals surface area contributed by atoms with Crippen molar-refractivity contribution >= 4 is 34.8 Å². The standard InChI is InChI=1S/C26H29N3O8/c1-9-16(10(2)37-28-9)12-5-6-15(30)18-13(12)7-11-8-14-20(29(3)4)22(32)19(25(27)35)24(34)26(14,36)23(33)17(11)21(18)31/h5-6,10-11,14,16-17,19-20,30,36H,7-8H2,1-4H3,(H2,27,35)/t10?,11-,14-,16?,17?,19?,20-,26-/m0/s1. The molecule has 0 aromatic heterocycles. The third-order valence-electron chi connectivity index (χ3n) is 8.60. The number of likely N-dealkylation sites (N-methyl/N-ethyl adjacent to an activating group) is 1. The van der Waals surface area contributed by atoms with Crippen LogP contribution < -0.4 is 5.73 Å². The van der Waals surface area contributed by atoms with Crippen LogP contribution in [0.4, 0.5) is 0 Å². The Morgan fingerprint density at radius 1 is 1.16 bits per heavy atom. The number of phenols is 1. The number of amides is 1. The number of phenolic OH excluding ortho intramolecular Hbond substituents is 1. The summed E-state index contributed by atoms with van der Waals surface area (Å²) < 4.78 is 0. The molecule has 11 heteroatoms. The monoisotopic (exact) mass is 511 g/mol. The quantitative estimate of drug-likeness (QED) is 0.462. The topological polar surface area (TPSA) is 177 Å². The van der Waals surface area contributed by atoms with Crippen molar-refractivity contribution in [3.8, 4) is 5.75 Å². The molecule has 1 aromatic carbocycles. The maximum atomic E-state index is 13.9. The van der Waals surface area contributed by atoms with Crippen molar-refractivity contribution in [1.29, 1.82) is 0 Å². The number of aromatic hydroxyl groups is 1. The van der Waals surface area contributed by atoms with E-state index in [0.717, 1.165) is 5.56 Å². The van der Waals surface area contributed by atoms with Gasteiger partial charge in [-0.1, -0.05) is 11.2 Å². The lowest BCUT2D eigenvalue weighted by atomic mass is 9.52. The van der Waals surface area contributed by atoms with Crippen LogP contribution in [0.2, 0.25) is 0 Å². The number of oxime groups is 1. The van der Waals surface area contributed by atoms with E-state index in [9.17, 15) is 34.2 Å². The van der Waals surface area contributed by atoms with E-state index in [1.165, 1.54) is 11.0 Å². The van der Waals surface area contributed by atoms with E-state index in [2.05, 4.69) is 5.16 Å². The minimum absolute atomic E-state index is 0.00276. The molecular formula is C26H29N3O8. The number of carbonyl (C=O) groups is 5. The fraction of sp³-hybridized carbons (Fsp3) is 0.538. The van der Waals surface area contributed by atoms with Crippen LogP contribution in [0.25, 0.3) is 0 Å². The number of fused-ring (bicyclic) bond motifs is 3. The molecule has 2 fully saturated rings. The molecule has 1 aromatic rings. The van der Waals surface area contributed by atoms with Crippen LogP contribution in [0, 0.1) is 23.7 Å². The number of hydrogen-bond acceptors (Lipinski definition) is 10. The first kappa shape index (κ1) is 25.2. The minimum atomic E-state index is -2.73. The van der Waals surface area contributed by atoms with Crippen LogP contribution in [0.5, 0.6) is 5.75 Å². The number of primary amides is 1. The van der Waals surface area contributed by atoms with Crippen molar-refractivity contribution in [2.75, 3.05) is 14.1 Å². The Kier molecular flexibility index (Phi) is 5.65. The number of ketones is 4. The molecule has 3 aliphatic carbocycles. The largest absolute Gasteiger partial charge is 0.507 e. The molecule has 0 spiro atoms. The van der Waals surface area contributed by atoms with Gasteiger partial charge in [-0.2, -0.15) is 0 Å². The summed E-state index contributed by atoms with van der Waals surface area (Å²) in [5.74, 6) is -10.9. The summed E-state index contributed by atoms with van der Waals surface area (Å²) in [6.45, 7) is 3.65. The van der Waals surface area contributed by atoms with Crippen LogP contribution in [0.1, 0.15) is 47.7 Å². The molecular weight excluding hydrogens is 482 g/mol. The molecule has 1 amide bonds. The zero-order valence-electron chi connectivity index (χ0n) is 20.9. The molecule has 196 valence electrons. The van der Waals surface area contributed by atoms with E-state index in [1.54, 1.807) is 27.1 Å². The van der Waals surface area contributed by atoms with Gasteiger partial charge >= 0.3 is 0 Å². The SMILES string of the molecule is CC1=NOC(C)C1c1ccc(O)c2c1C[C@H]1C[C@H]3[C@H](N(C)C)C(=O)C(C(N)=O)C(=O)[C@@]3(O)C(=O)C1C2=O. The number of hydrogen-bond donors (Lipinski definition) is 3. The van der Waals surface area contributed by atoms with Gasteiger partial charge in [0.1, 0.15) is 11.9 Å². The molecule has 2 saturated carbocycles. The van der Waals surface area contributed by atoms with E-state index in [4.69, 9.17) is 10.6 Å². The van der Waals surface area contributed by atoms with E-state index in [1.807, 2.05) is 6.92 Å². The van der Waals surface area contributed by atoms with Gasteiger partial charge in [0.25, 0.3) is 0 Å². The maximum Gasteiger partial charge on any atom is 0.235 e. The summed E-state index contributed by atoms with van der Waals surface area (Å²) in [4.78, 5) is 73.1. The average molecular weight is 512 g/mol. The molecule has 1 heterocycles. The zero-order valence-corrected chi connectivity index (χ0v) is 20.9. The van der Waals surface area contributed by atoms with Crippen molar-refractivity contribution < 1.29 is 39.0 Å². The van der Waals surface area contributed by atoms with Gasteiger partial charge in [-0.3, -0.25) is 28.9 Å². The Labute approximate surface area is 212 Å². The normalized spacial score (nSPS) is 37.0. The van der Waals surface area contributed by atoms with Gasteiger partial charge in [-0.25, -0.2) is 0 Å². The van der Waals surface area contributed by atoms with E-state index >= 15 is 0 Å². The summed E-state index contributed by atoms with van der Waals surface area (Å²) in [5.41, 5.74) is 4.58. The molecule has 5 rings (SSSR count). The molecule has 4 N–H and O–H groups in total. The number of Topliss-reactive ketones (excluding diaryl/α,β-unsaturated/α-hetero) is 4. The van der Waals surface area contributed by atoms with E-state index < -0.39 is 64.4 Å². The summed E-state index contributed by atoms with van der Waals surface area (Å²) in [5, 5.41) is 26.4. The second-order valence-corrected chi connectivity index (χ2v) is 10.8. The highest BCUT2D eigenvalue weighted by atomic mass is 16.6. The molecule has 4 aliphatic rings. The first-order chi connectivity index (χ1) is 17.3. The van der Waals surface area contributed by atoms with Gasteiger partial charge < -0.3 is 20.8 Å². The maximum absolute atomic E-state index is 13.9. The predicted octanol–water partition coefficient (Wildman–Crippen LogP) is -0.255. The lowest BCUT2D eigenvalue weighted by Crippen LogP contribution is -2.74. The third-order valence-corrected chi connectivity index (χ3v) is 8.60. The Hall–Kier alpha value is -3.44. The lowest BCUT2D eigenvalue weighted by molar-refractivity contribution is -0.181. The number of carbonyl (C=O) groups excluding carboxylic acids is 5. The third kappa shape index (κ3) is 3.26. The van der Waals surface area contributed by atoms with Gasteiger partial charge in [0.05, 0.1) is 29.2 Å². The summed E-state index contributed by atoms with van der Waals surface area (Å²) >= 11 is 0. The van der Waals surface area contributed by atoms with Crippen molar-refractivity contribution in [3.63, 3.8) is 0 Å². The van der Waals surface area contributed by atoms with Crippen molar-refractivity contribution in [2.45, 2.75) is 50.4 Å². The second kappa shape index (κ2) is 8.29. The zero-order chi connectivity index (χ0) is 27.1. The van der Waals surface area contributed by atoms with Crippen molar-refractivity contribution in [2.24, 2.45) is 34.6 Å². The van der Waals surface area contributed by atoms with Crippen LogP contribution in [-0.2, 0) is 30.4 Å². The van der Waals surface area contributed by atoms with Gasteiger partial charge in [0.2, 0.25) is 5.91 Å². The lowest BCUT2D eigenvalue weighted by Gasteiger charge is -2.52. The highest BCUT2D eigenvalue weighted by Gasteiger charge is 2.69. The van der Waals surface area contributed by atoms with Crippen LogP contribution in [0.3, 0.4) is 0 Å². The van der Waals surface area contributed by atoms with Gasteiger partial charge in [0.15, 0.2) is 34.7 Å². The Morgan fingerprint density at radius 2 is 1.84 bits per heavy atom. The van der Waals surface area contributed by atoms with E-state index in [-0.39, 0.29) is 36.2 Å². The number of aliphatic hydroxyl groups is 1. The highest BCUT2D eigenvalue weighted by molar-refractivity contribution is 6.32. The van der Waals surface area contributed by atoms with Crippen molar-refractivity contribution in [3.05, 3.63) is 28.8 Å². The first-order valence-electron chi connectivity index (χ1n) is 12.2. The van der Waals surface area contributed by atoms with Crippen LogP contribution >= 0.6 is 0 Å².